The van der Waals surface area contributed by atoms with Crippen molar-refractivity contribution in [1.82, 2.24) is 5.32 Å². The van der Waals surface area contributed by atoms with Crippen LogP contribution in [0.25, 0.3) is 0 Å². The maximum Gasteiger partial charge on any atom is 0.0635 e. The van der Waals surface area contributed by atoms with Gasteiger partial charge in [0.1, 0.15) is 0 Å². The van der Waals surface area contributed by atoms with Crippen LogP contribution in [0.3, 0.4) is 0 Å². The Morgan fingerprint density at radius 2 is 2.00 bits per heavy atom. The van der Waals surface area contributed by atoms with E-state index >= 15 is 0 Å². The fraction of sp³-hybridized carbons (Fsp3) is 0.462. The van der Waals surface area contributed by atoms with E-state index in [1.165, 1.54) is 5.69 Å². The molecule has 0 aromatic heterocycles. The molecule has 1 rings (SSSR count). The van der Waals surface area contributed by atoms with Crippen molar-refractivity contribution in [3.63, 3.8) is 0 Å². The van der Waals surface area contributed by atoms with E-state index in [4.69, 9.17) is 5.26 Å². The number of nitriles is 1. The van der Waals surface area contributed by atoms with E-state index in [-0.39, 0.29) is 0 Å². The molecule has 0 bridgehead atoms. The van der Waals surface area contributed by atoms with Gasteiger partial charge < -0.3 is 10.2 Å². The SMILES string of the molecule is CN(CCCNCCC#N)c1ccccc1. The average Bonchev–Trinajstić information content (AvgIpc) is 2.34. The van der Waals surface area contributed by atoms with E-state index in [0.29, 0.717) is 6.42 Å². The van der Waals surface area contributed by atoms with Gasteiger partial charge in [-0.3, -0.25) is 0 Å². The lowest BCUT2D eigenvalue weighted by molar-refractivity contribution is 0.651. The van der Waals surface area contributed by atoms with E-state index in [1.54, 1.807) is 0 Å². The first-order valence-corrected chi connectivity index (χ1v) is 5.68. The lowest BCUT2D eigenvalue weighted by Gasteiger charge is -2.19. The van der Waals surface area contributed by atoms with Crippen molar-refractivity contribution in [3.05, 3.63) is 30.3 Å². The highest BCUT2D eigenvalue weighted by molar-refractivity contribution is 5.44. The summed E-state index contributed by atoms with van der Waals surface area (Å²) in [6.07, 6.45) is 1.69. The van der Waals surface area contributed by atoms with Crippen molar-refractivity contribution >= 4 is 5.69 Å². The topological polar surface area (TPSA) is 39.1 Å². The molecule has 0 fully saturated rings. The number of benzene rings is 1. The van der Waals surface area contributed by atoms with Crippen LogP contribution in [-0.4, -0.2) is 26.7 Å². The fourth-order valence-electron chi connectivity index (χ4n) is 1.52. The molecule has 3 nitrogen and oxygen atoms in total. The van der Waals surface area contributed by atoms with Gasteiger partial charge in [0.05, 0.1) is 6.07 Å². The van der Waals surface area contributed by atoms with Crippen molar-refractivity contribution in [3.8, 4) is 6.07 Å². The van der Waals surface area contributed by atoms with Gasteiger partial charge in [0.2, 0.25) is 0 Å². The minimum absolute atomic E-state index is 0.592. The molecule has 3 heteroatoms. The number of para-hydroxylation sites is 1. The summed E-state index contributed by atoms with van der Waals surface area (Å²) in [6.45, 7) is 2.80. The lowest BCUT2D eigenvalue weighted by Crippen LogP contribution is -2.24. The molecule has 0 saturated heterocycles. The van der Waals surface area contributed by atoms with Crippen molar-refractivity contribution < 1.29 is 0 Å². The van der Waals surface area contributed by atoms with Gasteiger partial charge in [-0.05, 0) is 25.1 Å². The number of anilines is 1. The van der Waals surface area contributed by atoms with Crippen LogP contribution >= 0.6 is 0 Å². The molecule has 0 aliphatic carbocycles. The largest absolute Gasteiger partial charge is 0.375 e. The molecule has 0 radical (unpaired) electrons. The van der Waals surface area contributed by atoms with Gasteiger partial charge in [-0.25, -0.2) is 0 Å². The van der Waals surface area contributed by atoms with Crippen LogP contribution in [0, 0.1) is 11.3 Å². The van der Waals surface area contributed by atoms with Crippen LogP contribution < -0.4 is 10.2 Å². The summed E-state index contributed by atoms with van der Waals surface area (Å²) in [6, 6.07) is 12.5. The van der Waals surface area contributed by atoms with E-state index in [0.717, 1.165) is 26.1 Å². The highest BCUT2D eigenvalue weighted by Crippen LogP contribution is 2.10. The smallest absolute Gasteiger partial charge is 0.0635 e. The third-order valence-corrected chi connectivity index (χ3v) is 2.46. The Hall–Kier alpha value is -1.53. The Morgan fingerprint density at radius 1 is 1.25 bits per heavy atom. The fourth-order valence-corrected chi connectivity index (χ4v) is 1.52. The van der Waals surface area contributed by atoms with Crippen LogP contribution in [-0.2, 0) is 0 Å². The van der Waals surface area contributed by atoms with Crippen molar-refractivity contribution in [2.75, 3.05) is 31.6 Å². The summed E-state index contributed by atoms with van der Waals surface area (Å²) in [4.78, 5) is 2.24. The first kappa shape index (κ1) is 12.5. The molecule has 0 heterocycles. The predicted octanol–water partition coefficient (Wildman–Crippen LogP) is 2.02. The predicted molar refractivity (Wildman–Crippen MR) is 67.4 cm³/mol. The molecule has 1 aromatic carbocycles. The first-order chi connectivity index (χ1) is 7.84. The summed E-state index contributed by atoms with van der Waals surface area (Å²) in [5.41, 5.74) is 1.25. The number of nitrogens with zero attached hydrogens (tertiary/aromatic N) is 2. The summed E-state index contributed by atoms with van der Waals surface area (Å²) in [5.74, 6) is 0. The summed E-state index contributed by atoms with van der Waals surface area (Å²) in [7, 11) is 2.10. The Morgan fingerprint density at radius 3 is 2.69 bits per heavy atom. The number of hydrogen-bond donors (Lipinski definition) is 1. The molecule has 0 spiro atoms. The minimum Gasteiger partial charge on any atom is -0.375 e. The van der Waals surface area contributed by atoms with Gasteiger partial charge in [0, 0.05) is 32.2 Å². The molecule has 0 aliphatic heterocycles. The van der Waals surface area contributed by atoms with E-state index in [1.807, 2.05) is 6.07 Å². The van der Waals surface area contributed by atoms with Crippen LogP contribution in [0.5, 0.6) is 0 Å². The first-order valence-electron chi connectivity index (χ1n) is 5.68. The monoisotopic (exact) mass is 217 g/mol. The molecule has 0 aliphatic rings. The molecule has 86 valence electrons. The molecule has 1 N–H and O–H groups in total. The zero-order valence-electron chi connectivity index (χ0n) is 9.82. The van der Waals surface area contributed by atoms with Gasteiger partial charge in [-0.1, -0.05) is 18.2 Å². The number of nitrogens with one attached hydrogen (secondary N) is 1. The quantitative estimate of drug-likeness (QED) is 0.710. The minimum atomic E-state index is 0.592. The van der Waals surface area contributed by atoms with Gasteiger partial charge in [-0.2, -0.15) is 5.26 Å². The Labute approximate surface area is 97.7 Å². The van der Waals surface area contributed by atoms with Crippen LogP contribution in [0.2, 0.25) is 0 Å². The molecule has 16 heavy (non-hydrogen) atoms. The van der Waals surface area contributed by atoms with Crippen molar-refractivity contribution in [2.24, 2.45) is 0 Å². The van der Waals surface area contributed by atoms with Crippen LogP contribution in [0.4, 0.5) is 5.69 Å². The van der Waals surface area contributed by atoms with Crippen LogP contribution in [0.15, 0.2) is 30.3 Å². The van der Waals surface area contributed by atoms with Crippen LogP contribution in [0.1, 0.15) is 12.8 Å². The van der Waals surface area contributed by atoms with Crippen molar-refractivity contribution in [2.45, 2.75) is 12.8 Å². The Bertz CT molecular complexity index is 316. The highest BCUT2D eigenvalue weighted by Gasteiger charge is 1.98. The van der Waals surface area contributed by atoms with Gasteiger partial charge in [0.25, 0.3) is 0 Å². The van der Waals surface area contributed by atoms with E-state index < -0.39 is 0 Å². The molecule has 1 aromatic rings. The average molecular weight is 217 g/mol. The second-order valence-electron chi connectivity index (χ2n) is 3.77. The normalized spacial score (nSPS) is 9.75. The standard InChI is InChI=1S/C13H19N3/c1-16(13-7-3-2-4-8-13)12-6-11-15-10-5-9-14/h2-4,7-8,15H,5-6,10-12H2,1H3. The second kappa shape index (κ2) is 7.72. The van der Waals surface area contributed by atoms with Crippen molar-refractivity contribution in [1.29, 1.82) is 5.26 Å². The zero-order valence-corrected chi connectivity index (χ0v) is 9.82. The van der Waals surface area contributed by atoms with Gasteiger partial charge in [-0.15, -0.1) is 0 Å². The lowest BCUT2D eigenvalue weighted by atomic mass is 10.3. The number of hydrogen-bond acceptors (Lipinski definition) is 3. The molecule has 0 unspecified atom stereocenters. The third-order valence-electron chi connectivity index (χ3n) is 2.46. The summed E-state index contributed by atoms with van der Waals surface area (Å²) in [5, 5.41) is 11.6. The van der Waals surface area contributed by atoms with E-state index in [9.17, 15) is 0 Å². The second-order valence-corrected chi connectivity index (χ2v) is 3.77. The molecular formula is C13H19N3. The van der Waals surface area contributed by atoms with Gasteiger partial charge in [0.15, 0.2) is 0 Å². The molecule has 0 amide bonds. The molecular weight excluding hydrogens is 198 g/mol. The van der Waals surface area contributed by atoms with E-state index in [2.05, 4.69) is 47.6 Å². The highest BCUT2D eigenvalue weighted by atomic mass is 15.1. The Balaban J connectivity index is 2.12. The molecule has 0 saturated carbocycles. The summed E-state index contributed by atoms with van der Waals surface area (Å²) >= 11 is 0. The van der Waals surface area contributed by atoms with Gasteiger partial charge >= 0.3 is 0 Å². The maximum absolute atomic E-state index is 8.36. The third kappa shape index (κ3) is 4.81. The Kier molecular flexibility index (Phi) is 6.05. The number of rotatable bonds is 7. The zero-order chi connectivity index (χ0) is 11.6. The maximum atomic E-state index is 8.36. The summed E-state index contributed by atoms with van der Waals surface area (Å²) < 4.78 is 0. The molecule has 0 atom stereocenters.